The van der Waals surface area contributed by atoms with Gasteiger partial charge < -0.3 is 9.84 Å². The van der Waals surface area contributed by atoms with Gasteiger partial charge in [-0.2, -0.15) is 0 Å². The average molecular weight is 692 g/mol. The van der Waals surface area contributed by atoms with Crippen LogP contribution in [-0.4, -0.2) is 17.0 Å². The first-order chi connectivity index (χ1) is 11.6. The normalized spacial score (nSPS) is 10.7. The molecule has 1 N–H and O–H groups in total. The number of carboxylic acid groups (broad SMARTS) is 1. The molecule has 0 saturated carbocycles. The molecule has 0 unspecified atom stereocenters. The maximum atomic E-state index is 13.9. The van der Waals surface area contributed by atoms with Crippen molar-refractivity contribution in [2.75, 3.05) is 0 Å². The molecule has 0 amide bonds. The van der Waals surface area contributed by atoms with Crippen molar-refractivity contribution in [2.24, 2.45) is 0 Å². The number of carbonyl (C=O) groups is 2. The van der Waals surface area contributed by atoms with Crippen LogP contribution in [0.3, 0.4) is 0 Å². The number of carboxylic acids is 1. The number of hydrogen-bond acceptors (Lipinski definition) is 3. The number of hydrogen-bond donors (Lipinski definition) is 1. The fourth-order valence-corrected chi connectivity index (χ4v) is 3.81. The lowest BCUT2D eigenvalue weighted by Crippen LogP contribution is -2.20. The van der Waals surface area contributed by atoms with Crippen LogP contribution in [0.15, 0.2) is 12.1 Å². The van der Waals surface area contributed by atoms with E-state index < -0.39 is 46.3 Å². The summed E-state index contributed by atoms with van der Waals surface area (Å²) in [4.78, 5) is 22.7. The van der Waals surface area contributed by atoms with Crippen molar-refractivity contribution in [3.8, 4) is 5.75 Å². The van der Waals surface area contributed by atoms with Crippen molar-refractivity contribution >= 4 is 79.7 Å². The van der Waals surface area contributed by atoms with E-state index in [-0.39, 0.29) is 5.75 Å². The van der Waals surface area contributed by atoms with E-state index >= 15 is 0 Å². The number of benzene rings is 2. The molecule has 0 heterocycles. The summed E-state index contributed by atoms with van der Waals surface area (Å²) < 4.78 is 61.9. The molecule has 4 nitrogen and oxygen atoms in total. The first-order valence-corrected chi connectivity index (χ1v) is 9.25. The molecular weight excluding hydrogens is 689 g/mol. The average Bonchev–Trinajstić information content (AvgIpc) is 2.50. The van der Waals surface area contributed by atoms with Crippen LogP contribution in [0, 0.1) is 34.0 Å². The van der Waals surface area contributed by atoms with Crippen molar-refractivity contribution in [3.63, 3.8) is 0 Å². The lowest BCUT2D eigenvalue weighted by Gasteiger charge is -2.11. The summed E-state index contributed by atoms with van der Waals surface area (Å²) in [5.74, 6) is -12.6. The summed E-state index contributed by atoms with van der Waals surface area (Å²) in [5.41, 5.74) is -3.48. The van der Waals surface area contributed by atoms with Crippen LogP contribution in [0.1, 0.15) is 20.7 Å². The number of rotatable bonds is 3. The zero-order chi connectivity index (χ0) is 19.0. The molecule has 0 aliphatic heterocycles. The molecule has 0 fully saturated rings. The summed E-state index contributed by atoms with van der Waals surface area (Å²) in [6.07, 6.45) is 0. The van der Waals surface area contributed by atoms with Crippen molar-refractivity contribution in [3.05, 3.63) is 57.2 Å². The summed E-state index contributed by atoms with van der Waals surface area (Å²) >= 11 is 5.74. The van der Waals surface area contributed by atoms with E-state index in [1.165, 1.54) is 6.07 Å². The van der Waals surface area contributed by atoms with Gasteiger partial charge in [-0.05, 0) is 79.9 Å². The van der Waals surface area contributed by atoms with Crippen molar-refractivity contribution in [2.45, 2.75) is 0 Å². The Bertz CT molecular complexity index is 889. The highest BCUT2D eigenvalue weighted by Gasteiger charge is 2.33. The van der Waals surface area contributed by atoms with E-state index in [4.69, 9.17) is 9.84 Å². The van der Waals surface area contributed by atoms with Crippen LogP contribution in [-0.2, 0) is 0 Å². The van der Waals surface area contributed by atoms with Gasteiger partial charge in [0.1, 0.15) is 16.9 Å². The molecule has 11 heteroatoms. The lowest BCUT2D eigenvalue weighted by atomic mass is 10.1. The number of ether oxygens (including phenoxy) is 1. The number of carbonyl (C=O) groups excluding carboxylic acids is 1. The van der Waals surface area contributed by atoms with Crippen LogP contribution in [0.4, 0.5) is 17.6 Å². The predicted octanol–water partition coefficient (Wildman–Crippen LogP) is 4.97. The molecule has 0 spiro atoms. The van der Waals surface area contributed by atoms with Gasteiger partial charge >= 0.3 is 11.9 Å². The smallest absolute Gasteiger partial charge is 0.349 e. The largest absolute Gasteiger partial charge is 0.477 e. The van der Waals surface area contributed by atoms with E-state index in [0.717, 1.165) is 3.57 Å². The summed E-state index contributed by atoms with van der Waals surface area (Å²) in [7, 11) is 0. The van der Waals surface area contributed by atoms with Gasteiger partial charge in [0.2, 0.25) is 0 Å². The molecule has 0 radical (unpaired) electrons. The maximum absolute atomic E-state index is 13.9. The highest BCUT2D eigenvalue weighted by molar-refractivity contribution is 14.1. The third kappa shape index (κ3) is 4.01. The first-order valence-electron chi connectivity index (χ1n) is 6.02. The van der Waals surface area contributed by atoms with Gasteiger partial charge in [0.05, 0.1) is 3.57 Å². The fourth-order valence-electron chi connectivity index (χ4n) is 1.73. The van der Waals surface area contributed by atoms with Crippen LogP contribution in [0.2, 0.25) is 0 Å². The first kappa shape index (κ1) is 20.6. The highest BCUT2D eigenvalue weighted by Crippen LogP contribution is 2.30. The SMILES string of the molecule is O=C(O)c1c(F)c(F)c(C(=O)Oc2cc(I)c(I)cc2I)c(F)c1F. The Kier molecular flexibility index (Phi) is 6.50. The lowest BCUT2D eigenvalue weighted by molar-refractivity contribution is 0.0671. The number of aromatic carboxylic acids is 1. The third-order valence-electron chi connectivity index (χ3n) is 2.86. The number of halogens is 7. The molecule has 25 heavy (non-hydrogen) atoms. The summed E-state index contributed by atoms with van der Waals surface area (Å²) in [6.45, 7) is 0. The van der Waals surface area contributed by atoms with E-state index in [9.17, 15) is 27.2 Å². The van der Waals surface area contributed by atoms with Gasteiger partial charge in [-0.25, -0.2) is 27.2 Å². The molecule has 0 aromatic heterocycles. The monoisotopic (exact) mass is 692 g/mol. The van der Waals surface area contributed by atoms with Crippen molar-refractivity contribution in [1.82, 2.24) is 0 Å². The highest BCUT2D eigenvalue weighted by atomic mass is 127. The minimum atomic E-state index is -2.21. The second kappa shape index (κ2) is 7.89. The van der Waals surface area contributed by atoms with Crippen LogP contribution < -0.4 is 4.74 Å². The molecule has 0 saturated heterocycles. The summed E-state index contributed by atoms with van der Waals surface area (Å²) in [6, 6.07) is 3.02. The van der Waals surface area contributed by atoms with E-state index in [1.807, 2.05) is 45.2 Å². The predicted molar refractivity (Wildman–Crippen MR) is 103 cm³/mol. The number of esters is 1. The topological polar surface area (TPSA) is 63.6 Å². The molecule has 2 rings (SSSR count). The Morgan fingerprint density at radius 1 is 0.800 bits per heavy atom. The van der Waals surface area contributed by atoms with E-state index in [0.29, 0.717) is 7.14 Å². The Hall–Kier alpha value is -0.710. The van der Waals surface area contributed by atoms with Gasteiger partial charge in [0.25, 0.3) is 0 Å². The Balaban J connectivity index is 2.54. The van der Waals surface area contributed by atoms with Crippen molar-refractivity contribution in [1.29, 1.82) is 0 Å². The summed E-state index contributed by atoms with van der Waals surface area (Å²) in [5, 5.41) is 8.62. The fraction of sp³-hybridized carbons (Fsp3) is 0. The molecular formula is C14H3F4I3O4. The zero-order valence-corrected chi connectivity index (χ0v) is 17.9. The van der Waals surface area contributed by atoms with Crippen LogP contribution in [0.25, 0.3) is 0 Å². The molecule has 0 aliphatic carbocycles. The Morgan fingerprint density at radius 2 is 1.24 bits per heavy atom. The second-order valence-corrected chi connectivity index (χ2v) is 7.88. The Labute approximate surface area is 178 Å². The van der Waals surface area contributed by atoms with Crippen LogP contribution in [0.5, 0.6) is 5.75 Å². The quantitative estimate of drug-likeness (QED) is 0.162. The van der Waals surface area contributed by atoms with Gasteiger partial charge in [-0.15, -0.1) is 0 Å². The maximum Gasteiger partial charge on any atom is 0.349 e. The molecule has 2 aromatic carbocycles. The zero-order valence-electron chi connectivity index (χ0n) is 11.5. The van der Waals surface area contributed by atoms with Gasteiger partial charge in [-0.1, -0.05) is 0 Å². The van der Waals surface area contributed by atoms with Gasteiger partial charge in [0, 0.05) is 7.14 Å². The Morgan fingerprint density at radius 3 is 1.72 bits per heavy atom. The molecule has 0 atom stereocenters. The van der Waals surface area contributed by atoms with Crippen molar-refractivity contribution < 1.29 is 37.0 Å². The third-order valence-corrected chi connectivity index (χ3v) is 6.52. The minimum absolute atomic E-state index is 0.0719. The molecule has 2 aromatic rings. The van der Waals surface area contributed by atoms with E-state index in [2.05, 4.69) is 0 Å². The van der Waals surface area contributed by atoms with Gasteiger partial charge in [-0.3, -0.25) is 0 Å². The van der Waals surface area contributed by atoms with Crippen LogP contribution >= 0.6 is 67.8 Å². The van der Waals surface area contributed by atoms with E-state index in [1.54, 1.807) is 28.7 Å². The van der Waals surface area contributed by atoms with Gasteiger partial charge in [0.15, 0.2) is 23.3 Å². The molecule has 0 aliphatic rings. The molecule has 0 bridgehead atoms. The molecule has 132 valence electrons. The second-order valence-electron chi connectivity index (χ2n) is 4.40. The minimum Gasteiger partial charge on any atom is -0.477 e. The standard InChI is InChI=1S/C14H3F4I3O4/c15-9-7(13(22)23)10(16)12(18)8(11(9)17)14(24)25-6-2-4(20)3(19)1-5(6)21/h1-2H,(H,22,23).